The number of fused-ring (bicyclic) bond motifs is 4. The van der Waals surface area contributed by atoms with E-state index in [2.05, 4.69) is 123 Å². The van der Waals surface area contributed by atoms with Gasteiger partial charge in [-0.2, -0.15) is 0 Å². The lowest BCUT2D eigenvalue weighted by Gasteiger charge is -2.42. The zero-order chi connectivity index (χ0) is 22.7. The molecule has 0 saturated carbocycles. The molecule has 0 nitrogen and oxygen atoms in total. The highest BCUT2D eigenvalue weighted by Crippen LogP contribution is 2.70. The zero-order valence-corrected chi connectivity index (χ0v) is 20.6. The zero-order valence-electron chi connectivity index (χ0n) is 19.8. The van der Waals surface area contributed by atoms with Crippen LogP contribution in [0.5, 0.6) is 0 Å². The van der Waals surface area contributed by atoms with Crippen molar-refractivity contribution >= 4 is 31.9 Å². The molecule has 4 aromatic carbocycles. The minimum Gasteiger partial charge on any atom is -0.213 e. The van der Waals surface area contributed by atoms with Crippen LogP contribution in [0.4, 0.5) is 0 Å². The van der Waals surface area contributed by atoms with E-state index in [9.17, 15) is 0 Å². The van der Waals surface area contributed by atoms with Crippen LogP contribution in [0, 0.1) is 0 Å². The molecule has 0 saturated heterocycles. The molecular formula is C32H30S. The average Bonchev–Trinajstić information content (AvgIpc) is 3.37. The van der Waals surface area contributed by atoms with E-state index in [0.29, 0.717) is 11.2 Å². The van der Waals surface area contributed by atoms with Crippen molar-refractivity contribution < 1.29 is 0 Å². The Balaban J connectivity index is 1.58. The molecule has 0 spiro atoms. The van der Waals surface area contributed by atoms with E-state index in [-0.39, 0.29) is 0 Å². The molecule has 0 aromatic heterocycles. The second-order valence-electron chi connectivity index (χ2n) is 9.82. The van der Waals surface area contributed by atoms with E-state index in [1.165, 1.54) is 49.7 Å². The molecule has 6 rings (SSSR count). The number of hydrogen-bond donors (Lipinski definition) is 0. The van der Waals surface area contributed by atoms with Crippen molar-refractivity contribution in [3.8, 4) is 0 Å². The van der Waals surface area contributed by atoms with Crippen molar-refractivity contribution in [3.05, 3.63) is 130 Å². The van der Waals surface area contributed by atoms with Crippen LogP contribution in [0.25, 0.3) is 21.9 Å². The Kier molecular flexibility index (Phi) is 4.67. The van der Waals surface area contributed by atoms with Crippen molar-refractivity contribution in [1.82, 2.24) is 0 Å². The van der Waals surface area contributed by atoms with E-state index in [0.717, 1.165) is 0 Å². The fourth-order valence-electron chi connectivity index (χ4n) is 6.30. The Hall–Kier alpha value is -3.03. The molecule has 1 heteroatoms. The van der Waals surface area contributed by atoms with Crippen LogP contribution in [0.2, 0.25) is 0 Å². The van der Waals surface area contributed by atoms with Crippen LogP contribution in [0.15, 0.2) is 102 Å². The van der Waals surface area contributed by atoms with Gasteiger partial charge in [-0.1, -0.05) is 104 Å². The Morgan fingerprint density at radius 1 is 0.697 bits per heavy atom. The number of hydrogen-bond acceptors (Lipinski definition) is 0. The summed E-state index contributed by atoms with van der Waals surface area (Å²) < 4.78 is 0. The lowest BCUT2D eigenvalue weighted by Crippen LogP contribution is -2.11. The van der Waals surface area contributed by atoms with Gasteiger partial charge in [-0.3, -0.25) is 0 Å². The van der Waals surface area contributed by atoms with Crippen molar-refractivity contribution in [2.24, 2.45) is 0 Å². The Morgan fingerprint density at radius 2 is 1.39 bits per heavy atom. The predicted molar refractivity (Wildman–Crippen MR) is 147 cm³/mol. The number of rotatable bonds is 3. The molecule has 2 atom stereocenters. The highest BCUT2D eigenvalue weighted by molar-refractivity contribution is 8.36. The smallest absolute Gasteiger partial charge is 0.0367 e. The van der Waals surface area contributed by atoms with Gasteiger partial charge in [0.2, 0.25) is 0 Å². The van der Waals surface area contributed by atoms with E-state index in [1.54, 1.807) is 4.91 Å². The molecule has 0 heterocycles. The standard InChI is InChI=1S/C32H30S/c1-21-25-15-10-11-16-26(25)22(2)32(21)33(3,4)30-20-29(23-12-6-5-7-13-23)31-27-17-9-8-14-24(27)18-19-28(30)31/h5-21,30H,1-4H3. The number of allylic oxidation sites excluding steroid dienone is 2. The first-order valence-corrected chi connectivity index (χ1v) is 14.3. The quantitative estimate of drug-likeness (QED) is 0.295. The molecule has 0 N–H and O–H groups in total. The summed E-state index contributed by atoms with van der Waals surface area (Å²) in [5.74, 6) is 0.476. The Labute approximate surface area is 199 Å². The van der Waals surface area contributed by atoms with Gasteiger partial charge in [-0.25, -0.2) is 10.0 Å². The van der Waals surface area contributed by atoms with Gasteiger partial charge in [-0.05, 0) is 74.1 Å². The normalized spacial score (nSPS) is 20.1. The maximum atomic E-state index is 2.60. The van der Waals surface area contributed by atoms with Crippen LogP contribution in [0.1, 0.15) is 52.8 Å². The van der Waals surface area contributed by atoms with Gasteiger partial charge in [0, 0.05) is 11.2 Å². The van der Waals surface area contributed by atoms with E-state index in [4.69, 9.17) is 0 Å². The minimum atomic E-state index is -1.12. The molecule has 2 aliphatic rings. The van der Waals surface area contributed by atoms with Gasteiger partial charge >= 0.3 is 0 Å². The van der Waals surface area contributed by atoms with Crippen LogP contribution in [-0.4, -0.2) is 12.5 Å². The third-order valence-corrected chi connectivity index (χ3v) is 11.2. The van der Waals surface area contributed by atoms with Gasteiger partial charge in [0.25, 0.3) is 0 Å². The third kappa shape index (κ3) is 2.99. The minimum absolute atomic E-state index is 0.411. The van der Waals surface area contributed by atoms with E-state index < -0.39 is 10.0 Å². The molecule has 2 aliphatic carbocycles. The average molecular weight is 447 g/mol. The molecule has 4 aromatic rings. The molecule has 33 heavy (non-hydrogen) atoms. The molecule has 0 amide bonds. The first-order valence-electron chi connectivity index (χ1n) is 11.8. The van der Waals surface area contributed by atoms with Crippen molar-refractivity contribution in [2.75, 3.05) is 12.5 Å². The SMILES string of the molecule is CC1=C(S(C)(C)C2C=C(c3ccccc3)c3c2ccc2ccccc32)C(C)c2ccccc21. The van der Waals surface area contributed by atoms with Crippen LogP contribution in [0.3, 0.4) is 0 Å². The maximum Gasteiger partial charge on any atom is 0.0367 e. The van der Waals surface area contributed by atoms with Gasteiger partial charge in [-0.15, -0.1) is 0 Å². The summed E-state index contributed by atoms with van der Waals surface area (Å²) >= 11 is 0. The lowest BCUT2D eigenvalue weighted by molar-refractivity contribution is 0.967. The van der Waals surface area contributed by atoms with Gasteiger partial charge in [0.05, 0.1) is 0 Å². The van der Waals surface area contributed by atoms with E-state index >= 15 is 0 Å². The van der Waals surface area contributed by atoms with Crippen LogP contribution < -0.4 is 0 Å². The monoisotopic (exact) mass is 446 g/mol. The maximum absolute atomic E-state index is 2.60. The highest BCUT2D eigenvalue weighted by atomic mass is 32.3. The van der Waals surface area contributed by atoms with Crippen molar-refractivity contribution in [3.63, 3.8) is 0 Å². The Morgan fingerprint density at radius 3 is 2.18 bits per heavy atom. The molecule has 0 aliphatic heterocycles. The Bertz CT molecular complexity index is 1450. The highest BCUT2D eigenvalue weighted by Gasteiger charge is 2.40. The summed E-state index contributed by atoms with van der Waals surface area (Å²) in [6, 6.07) is 33.6. The summed E-state index contributed by atoms with van der Waals surface area (Å²) in [4.78, 5) is 1.67. The van der Waals surface area contributed by atoms with Crippen LogP contribution in [-0.2, 0) is 0 Å². The lowest BCUT2D eigenvalue weighted by atomic mass is 9.94. The summed E-state index contributed by atoms with van der Waals surface area (Å²) in [7, 11) is -1.12. The first-order chi connectivity index (χ1) is 16.0. The fraction of sp³-hybridized carbons (Fsp3) is 0.188. The molecule has 2 unspecified atom stereocenters. The van der Waals surface area contributed by atoms with Crippen LogP contribution >= 0.6 is 10.0 Å². The van der Waals surface area contributed by atoms with Crippen molar-refractivity contribution in [1.29, 1.82) is 0 Å². The topological polar surface area (TPSA) is 0 Å². The number of benzene rings is 4. The van der Waals surface area contributed by atoms with Gasteiger partial charge in [0.1, 0.15) is 0 Å². The summed E-state index contributed by atoms with van der Waals surface area (Å²) in [5.41, 5.74) is 10.1. The predicted octanol–water partition coefficient (Wildman–Crippen LogP) is 8.94. The second kappa shape index (κ2) is 7.50. The van der Waals surface area contributed by atoms with Gasteiger partial charge < -0.3 is 0 Å². The molecule has 0 radical (unpaired) electrons. The summed E-state index contributed by atoms with van der Waals surface area (Å²) in [6.07, 6.45) is 7.68. The molecule has 0 fully saturated rings. The first kappa shape index (κ1) is 20.6. The fourth-order valence-corrected chi connectivity index (χ4v) is 9.82. The third-order valence-electron chi connectivity index (χ3n) is 7.74. The second-order valence-corrected chi connectivity index (χ2v) is 13.6. The molecular weight excluding hydrogens is 416 g/mol. The molecule has 164 valence electrons. The summed E-state index contributed by atoms with van der Waals surface area (Å²) in [5, 5.41) is 3.11. The van der Waals surface area contributed by atoms with E-state index in [1.807, 2.05) is 0 Å². The molecule has 0 bridgehead atoms. The largest absolute Gasteiger partial charge is 0.213 e. The summed E-state index contributed by atoms with van der Waals surface area (Å²) in [6.45, 7) is 4.77. The van der Waals surface area contributed by atoms with Gasteiger partial charge in [0.15, 0.2) is 0 Å². The van der Waals surface area contributed by atoms with Crippen molar-refractivity contribution in [2.45, 2.75) is 25.0 Å².